The first-order valence-electron chi connectivity index (χ1n) is 8.68. The molecule has 0 aromatic carbocycles. The number of furan rings is 1. The molecule has 2 fully saturated rings. The number of carbonyl (C=O) groups excluding carboxylic acids is 1. The summed E-state index contributed by atoms with van der Waals surface area (Å²) in [5.41, 5.74) is 5.61. The molecule has 1 amide bonds. The minimum absolute atomic E-state index is 0.00325. The van der Waals surface area contributed by atoms with Crippen LogP contribution in [0.4, 0.5) is 0 Å². The Balaban J connectivity index is 1.60. The quantitative estimate of drug-likeness (QED) is 0.789. The molecule has 2 aliphatic heterocycles. The molecule has 7 heteroatoms. The lowest BCUT2D eigenvalue weighted by molar-refractivity contribution is -0.132. The van der Waals surface area contributed by atoms with Crippen molar-refractivity contribution in [3.05, 3.63) is 23.7 Å². The molecule has 1 aromatic rings. The van der Waals surface area contributed by atoms with Crippen molar-refractivity contribution in [2.45, 2.75) is 38.0 Å². The van der Waals surface area contributed by atoms with Gasteiger partial charge in [-0.15, -0.1) is 0 Å². The first-order valence-corrected chi connectivity index (χ1v) is 8.68. The zero-order valence-electron chi connectivity index (χ0n) is 14.2. The van der Waals surface area contributed by atoms with Crippen molar-refractivity contribution in [2.24, 2.45) is 5.73 Å². The third-order valence-electron chi connectivity index (χ3n) is 4.71. The van der Waals surface area contributed by atoms with Crippen LogP contribution in [0.2, 0.25) is 0 Å². The van der Waals surface area contributed by atoms with E-state index in [1.54, 1.807) is 0 Å². The normalized spacial score (nSPS) is 26.4. The van der Waals surface area contributed by atoms with Crippen LogP contribution in [0.25, 0.3) is 0 Å². The van der Waals surface area contributed by atoms with Gasteiger partial charge in [-0.1, -0.05) is 0 Å². The SMILES string of the molecule is Cc1ccc(C(CNC(=O)[C@@H]2CC[C@H](CN)O2)N2CCOCC2)o1. The molecule has 2 saturated heterocycles. The molecular weight excluding hydrogens is 310 g/mol. The highest BCUT2D eigenvalue weighted by Crippen LogP contribution is 2.24. The van der Waals surface area contributed by atoms with Crippen LogP contribution in [0.5, 0.6) is 0 Å². The maximum atomic E-state index is 12.4. The van der Waals surface area contributed by atoms with Crippen molar-refractivity contribution in [2.75, 3.05) is 39.4 Å². The van der Waals surface area contributed by atoms with Crippen molar-refractivity contribution in [3.8, 4) is 0 Å². The Morgan fingerprint density at radius 1 is 1.38 bits per heavy atom. The van der Waals surface area contributed by atoms with E-state index in [4.69, 9.17) is 19.6 Å². The molecule has 2 aliphatic rings. The number of morpholine rings is 1. The van der Waals surface area contributed by atoms with E-state index in [1.807, 2.05) is 19.1 Å². The minimum atomic E-state index is -0.387. The lowest BCUT2D eigenvalue weighted by Crippen LogP contribution is -2.45. The fourth-order valence-electron chi connectivity index (χ4n) is 3.31. The maximum Gasteiger partial charge on any atom is 0.249 e. The molecule has 0 saturated carbocycles. The summed E-state index contributed by atoms with van der Waals surface area (Å²) in [5.74, 6) is 1.69. The van der Waals surface area contributed by atoms with Crippen LogP contribution in [0, 0.1) is 6.92 Å². The number of hydrogen-bond donors (Lipinski definition) is 2. The van der Waals surface area contributed by atoms with Crippen LogP contribution in [-0.4, -0.2) is 62.4 Å². The zero-order chi connectivity index (χ0) is 16.9. The van der Waals surface area contributed by atoms with Crippen LogP contribution < -0.4 is 11.1 Å². The number of nitrogens with one attached hydrogen (secondary N) is 1. The zero-order valence-corrected chi connectivity index (χ0v) is 14.2. The Morgan fingerprint density at radius 2 is 2.17 bits per heavy atom. The van der Waals surface area contributed by atoms with E-state index < -0.39 is 0 Å². The second-order valence-corrected chi connectivity index (χ2v) is 6.42. The van der Waals surface area contributed by atoms with Crippen molar-refractivity contribution >= 4 is 5.91 Å². The first kappa shape index (κ1) is 17.4. The first-order chi connectivity index (χ1) is 11.7. The monoisotopic (exact) mass is 337 g/mol. The third kappa shape index (κ3) is 4.16. The van der Waals surface area contributed by atoms with E-state index in [2.05, 4.69) is 10.2 Å². The fourth-order valence-corrected chi connectivity index (χ4v) is 3.31. The number of hydrogen-bond acceptors (Lipinski definition) is 6. The molecule has 1 aromatic heterocycles. The predicted molar refractivity (Wildman–Crippen MR) is 88.5 cm³/mol. The Bertz CT molecular complexity index is 542. The van der Waals surface area contributed by atoms with Gasteiger partial charge >= 0.3 is 0 Å². The van der Waals surface area contributed by atoms with Crippen LogP contribution in [0.15, 0.2) is 16.5 Å². The Hall–Kier alpha value is -1.41. The van der Waals surface area contributed by atoms with Gasteiger partial charge in [0.1, 0.15) is 17.6 Å². The number of rotatable bonds is 6. The maximum absolute atomic E-state index is 12.4. The molecular formula is C17H27N3O4. The number of carbonyl (C=O) groups is 1. The average Bonchev–Trinajstić information content (AvgIpc) is 3.25. The van der Waals surface area contributed by atoms with Crippen molar-refractivity contribution < 1.29 is 18.7 Å². The molecule has 3 rings (SSSR count). The standard InChI is InChI=1S/C17H27N3O4/c1-12-2-4-15(23-12)14(20-6-8-22-9-7-20)11-19-17(21)16-5-3-13(10-18)24-16/h2,4,13-14,16H,3,5-11,18H2,1H3,(H,19,21)/t13-,14?,16+/m1/s1. The van der Waals surface area contributed by atoms with Crippen LogP contribution in [0.1, 0.15) is 30.4 Å². The van der Waals surface area contributed by atoms with Gasteiger partial charge in [0.15, 0.2) is 0 Å². The average molecular weight is 337 g/mol. The molecule has 0 spiro atoms. The third-order valence-corrected chi connectivity index (χ3v) is 4.71. The highest BCUT2D eigenvalue weighted by atomic mass is 16.5. The van der Waals surface area contributed by atoms with Gasteiger partial charge in [-0.3, -0.25) is 9.69 Å². The van der Waals surface area contributed by atoms with Gasteiger partial charge in [0, 0.05) is 26.2 Å². The molecule has 3 N–H and O–H groups in total. The summed E-state index contributed by atoms with van der Waals surface area (Å²) < 4.78 is 16.9. The number of nitrogens with zero attached hydrogens (tertiary/aromatic N) is 1. The van der Waals surface area contributed by atoms with Gasteiger partial charge in [0.05, 0.1) is 25.4 Å². The summed E-state index contributed by atoms with van der Waals surface area (Å²) in [7, 11) is 0. The van der Waals surface area contributed by atoms with Crippen LogP contribution in [-0.2, 0) is 14.3 Å². The van der Waals surface area contributed by atoms with Gasteiger partial charge in [-0.2, -0.15) is 0 Å². The van der Waals surface area contributed by atoms with Gasteiger partial charge in [0.25, 0.3) is 0 Å². The van der Waals surface area contributed by atoms with Crippen molar-refractivity contribution in [3.63, 3.8) is 0 Å². The summed E-state index contributed by atoms with van der Waals surface area (Å²) in [4.78, 5) is 14.7. The van der Waals surface area contributed by atoms with Gasteiger partial charge < -0.3 is 24.9 Å². The Labute approximate surface area is 142 Å². The molecule has 134 valence electrons. The largest absolute Gasteiger partial charge is 0.465 e. The molecule has 7 nitrogen and oxygen atoms in total. The fraction of sp³-hybridized carbons (Fsp3) is 0.706. The molecule has 0 aliphatic carbocycles. The lowest BCUT2D eigenvalue weighted by Gasteiger charge is -2.33. The van der Waals surface area contributed by atoms with Crippen LogP contribution in [0.3, 0.4) is 0 Å². The highest BCUT2D eigenvalue weighted by molar-refractivity contribution is 5.81. The summed E-state index contributed by atoms with van der Waals surface area (Å²) in [6, 6.07) is 3.95. The van der Waals surface area contributed by atoms with Gasteiger partial charge in [0.2, 0.25) is 5.91 Å². The number of ether oxygens (including phenoxy) is 2. The molecule has 24 heavy (non-hydrogen) atoms. The summed E-state index contributed by atoms with van der Waals surface area (Å²) >= 11 is 0. The lowest BCUT2D eigenvalue weighted by atomic mass is 10.1. The number of nitrogens with two attached hydrogens (primary N) is 1. The predicted octanol–water partition coefficient (Wildman–Crippen LogP) is 0.584. The summed E-state index contributed by atoms with van der Waals surface area (Å²) in [6.07, 6.45) is 1.19. The van der Waals surface area contributed by atoms with Crippen molar-refractivity contribution in [1.82, 2.24) is 10.2 Å². The van der Waals surface area contributed by atoms with E-state index >= 15 is 0 Å². The summed E-state index contributed by atoms with van der Waals surface area (Å²) in [6.45, 7) is 5.95. The molecule has 1 unspecified atom stereocenters. The number of amides is 1. The minimum Gasteiger partial charge on any atom is -0.465 e. The number of aryl methyl sites for hydroxylation is 1. The summed E-state index contributed by atoms with van der Waals surface area (Å²) in [5, 5.41) is 3.03. The smallest absolute Gasteiger partial charge is 0.249 e. The van der Waals surface area contributed by atoms with E-state index in [0.717, 1.165) is 37.5 Å². The van der Waals surface area contributed by atoms with E-state index in [9.17, 15) is 4.79 Å². The molecule has 0 radical (unpaired) electrons. The second kappa shape index (κ2) is 8.11. The van der Waals surface area contributed by atoms with Crippen LogP contribution >= 0.6 is 0 Å². The Kier molecular flexibility index (Phi) is 5.89. The van der Waals surface area contributed by atoms with Gasteiger partial charge in [-0.25, -0.2) is 0 Å². The Morgan fingerprint density at radius 3 is 2.79 bits per heavy atom. The molecule has 3 heterocycles. The highest BCUT2D eigenvalue weighted by Gasteiger charge is 2.31. The van der Waals surface area contributed by atoms with Crippen molar-refractivity contribution in [1.29, 1.82) is 0 Å². The van der Waals surface area contributed by atoms with E-state index in [-0.39, 0.29) is 24.2 Å². The second-order valence-electron chi connectivity index (χ2n) is 6.42. The van der Waals surface area contributed by atoms with E-state index in [0.29, 0.717) is 26.3 Å². The molecule has 3 atom stereocenters. The van der Waals surface area contributed by atoms with E-state index in [1.165, 1.54) is 0 Å². The van der Waals surface area contributed by atoms with Gasteiger partial charge in [-0.05, 0) is 31.9 Å². The topological polar surface area (TPSA) is 90.0 Å². The molecule has 0 bridgehead atoms.